The molecule has 1 N–H and O–H groups in total. The van der Waals surface area contributed by atoms with E-state index in [-0.39, 0.29) is 10.8 Å². The Hall–Kier alpha value is -1.17. The van der Waals surface area contributed by atoms with Gasteiger partial charge in [0, 0.05) is 7.05 Å². The molecule has 0 spiro atoms. The number of hydrogen-bond acceptors (Lipinski definition) is 2. The van der Waals surface area contributed by atoms with Crippen molar-refractivity contribution in [1.29, 1.82) is 0 Å². The maximum Gasteiger partial charge on any atom is 0.304 e. The van der Waals surface area contributed by atoms with E-state index in [4.69, 9.17) is 16.7 Å². The van der Waals surface area contributed by atoms with E-state index in [0.29, 0.717) is 0 Å². The highest BCUT2D eigenvalue weighted by Gasteiger charge is 2.30. The molecule has 0 aromatic carbocycles. The predicted octanol–water partition coefficient (Wildman–Crippen LogP) is 1.90. The van der Waals surface area contributed by atoms with Crippen molar-refractivity contribution in [2.75, 3.05) is 0 Å². The molecule has 1 rings (SSSR count). The van der Waals surface area contributed by atoms with Gasteiger partial charge in [-0.25, -0.2) is 13.8 Å². The number of aliphatic carboxylic acids is 1. The number of rotatable bonds is 4. The lowest BCUT2D eigenvalue weighted by atomic mass is 10.0. The molecule has 15 heavy (non-hydrogen) atoms. The second kappa shape index (κ2) is 4.57. The number of imidazole rings is 1. The SMILES string of the molecule is Cn1cnc(Cl)c1C(CC(=O)O)C(F)F. The lowest BCUT2D eigenvalue weighted by Crippen LogP contribution is -2.17. The highest BCUT2D eigenvalue weighted by Crippen LogP contribution is 2.30. The van der Waals surface area contributed by atoms with Gasteiger partial charge in [-0.3, -0.25) is 4.79 Å². The Morgan fingerprint density at radius 2 is 2.33 bits per heavy atom. The number of halogens is 3. The number of alkyl halides is 2. The average molecular weight is 239 g/mol. The summed E-state index contributed by atoms with van der Waals surface area (Å²) in [5, 5.41) is 8.43. The zero-order valence-corrected chi connectivity index (χ0v) is 8.58. The molecular formula is C8H9ClF2N2O2. The van der Waals surface area contributed by atoms with Gasteiger partial charge in [0.15, 0.2) is 5.15 Å². The summed E-state index contributed by atoms with van der Waals surface area (Å²) in [4.78, 5) is 14.1. The van der Waals surface area contributed by atoms with E-state index in [2.05, 4.69) is 4.98 Å². The second-order valence-corrected chi connectivity index (χ2v) is 3.43. The Balaban J connectivity index is 3.04. The van der Waals surface area contributed by atoms with Gasteiger partial charge < -0.3 is 9.67 Å². The standard InChI is InChI=1S/C8H9ClF2N2O2/c1-13-3-12-7(9)6(13)4(8(10)11)2-5(14)15/h3-4,8H,2H2,1H3,(H,14,15). The minimum atomic E-state index is -2.78. The number of nitrogens with zero attached hydrogens (tertiary/aromatic N) is 2. The Bertz CT molecular complexity index is 348. The number of carboxylic acid groups (broad SMARTS) is 1. The van der Waals surface area contributed by atoms with E-state index < -0.39 is 24.7 Å². The van der Waals surface area contributed by atoms with Gasteiger partial charge in [-0.1, -0.05) is 11.6 Å². The second-order valence-electron chi connectivity index (χ2n) is 3.07. The van der Waals surface area contributed by atoms with Crippen molar-refractivity contribution in [2.45, 2.75) is 18.8 Å². The molecule has 1 atom stereocenters. The molecule has 1 unspecified atom stereocenters. The Morgan fingerprint density at radius 3 is 2.67 bits per heavy atom. The first-order valence-corrected chi connectivity index (χ1v) is 4.48. The van der Waals surface area contributed by atoms with Crippen LogP contribution >= 0.6 is 11.6 Å². The van der Waals surface area contributed by atoms with Crippen LogP contribution in [0.4, 0.5) is 8.78 Å². The van der Waals surface area contributed by atoms with Crippen LogP contribution < -0.4 is 0 Å². The smallest absolute Gasteiger partial charge is 0.304 e. The number of hydrogen-bond donors (Lipinski definition) is 1. The largest absolute Gasteiger partial charge is 0.481 e. The third-order valence-electron chi connectivity index (χ3n) is 1.99. The van der Waals surface area contributed by atoms with E-state index in [1.165, 1.54) is 17.9 Å². The van der Waals surface area contributed by atoms with Crippen LogP contribution in [0.15, 0.2) is 6.33 Å². The number of aryl methyl sites for hydroxylation is 1. The van der Waals surface area contributed by atoms with E-state index in [1.54, 1.807) is 0 Å². The summed E-state index contributed by atoms with van der Waals surface area (Å²) in [5.41, 5.74) is 0.0501. The highest BCUT2D eigenvalue weighted by molar-refractivity contribution is 6.30. The molecule has 0 radical (unpaired) electrons. The maximum absolute atomic E-state index is 12.6. The molecule has 1 aromatic heterocycles. The van der Waals surface area contributed by atoms with Crippen LogP contribution in [0.25, 0.3) is 0 Å². The summed E-state index contributed by atoms with van der Waals surface area (Å²) in [6, 6.07) is 0. The number of carbonyl (C=O) groups is 1. The van der Waals surface area contributed by atoms with Gasteiger partial charge in [-0.15, -0.1) is 0 Å². The highest BCUT2D eigenvalue weighted by atomic mass is 35.5. The normalized spacial score (nSPS) is 13.1. The van der Waals surface area contributed by atoms with Crippen LogP contribution in [0, 0.1) is 0 Å². The van der Waals surface area contributed by atoms with Gasteiger partial charge in [-0.05, 0) is 0 Å². The topological polar surface area (TPSA) is 55.1 Å². The minimum absolute atomic E-state index is 0.0501. The molecule has 84 valence electrons. The molecule has 0 bridgehead atoms. The predicted molar refractivity (Wildman–Crippen MR) is 49.2 cm³/mol. The van der Waals surface area contributed by atoms with E-state index in [9.17, 15) is 13.6 Å². The molecule has 0 saturated heterocycles. The Kier molecular flexibility index (Phi) is 3.62. The first-order chi connectivity index (χ1) is 6.93. The van der Waals surface area contributed by atoms with Gasteiger partial charge in [0.2, 0.25) is 6.43 Å². The van der Waals surface area contributed by atoms with Crippen molar-refractivity contribution in [3.05, 3.63) is 17.2 Å². The maximum atomic E-state index is 12.6. The summed E-state index contributed by atoms with van der Waals surface area (Å²) in [6.45, 7) is 0. The third-order valence-corrected chi connectivity index (χ3v) is 2.28. The van der Waals surface area contributed by atoms with Crippen molar-refractivity contribution in [3.63, 3.8) is 0 Å². The summed E-state index contributed by atoms with van der Waals surface area (Å²) in [6.07, 6.45) is -2.18. The van der Waals surface area contributed by atoms with Gasteiger partial charge in [0.1, 0.15) is 0 Å². The fourth-order valence-corrected chi connectivity index (χ4v) is 1.64. The third kappa shape index (κ3) is 2.65. The van der Waals surface area contributed by atoms with Gasteiger partial charge in [0.05, 0.1) is 24.4 Å². The van der Waals surface area contributed by atoms with Crippen molar-refractivity contribution in [3.8, 4) is 0 Å². The fraction of sp³-hybridized carbons (Fsp3) is 0.500. The summed E-state index contributed by atoms with van der Waals surface area (Å²) in [7, 11) is 1.49. The van der Waals surface area contributed by atoms with Crippen LogP contribution in [0.1, 0.15) is 18.0 Å². The van der Waals surface area contributed by atoms with Gasteiger partial charge in [-0.2, -0.15) is 0 Å². The van der Waals surface area contributed by atoms with Crippen molar-refractivity contribution in [2.24, 2.45) is 7.05 Å². The van der Waals surface area contributed by atoms with Crippen molar-refractivity contribution < 1.29 is 18.7 Å². The molecule has 1 aromatic rings. The van der Waals surface area contributed by atoms with E-state index in [0.717, 1.165) is 0 Å². The zero-order chi connectivity index (χ0) is 11.6. The van der Waals surface area contributed by atoms with E-state index in [1.807, 2.05) is 0 Å². The number of carboxylic acids is 1. The molecule has 0 fully saturated rings. The summed E-state index contributed by atoms with van der Waals surface area (Å²) < 4.78 is 26.5. The average Bonchev–Trinajstić information content (AvgIpc) is 2.42. The molecule has 0 saturated carbocycles. The van der Waals surface area contributed by atoms with Crippen LogP contribution in [0.2, 0.25) is 5.15 Å². The van der Waals surface area contributed by atoms with Gasteiger partial charge >= 0.3 is 5.97 Å². The minimum Gasteiger partial charge on any atom is -0.481 e. The Labute approximate surface area is 89.5 Å². The van der Waals surface area contributed by atoms with Crippen LogP contribution in [0.3, 0.4) is 0 Å². The first-order valence-electron chi connectivity index (χ1n) is 4.10. The van der Waals surface area contributed by atoms with Crippen molar-refractivity contribution >= 4 is 17.6 Å². The molecule has 0 amide bonds. The molecule has 0 aliphatic heterocycles. The Morgan fingerprint density at radius 1 is 1.73 bits per heavy atom. The van der Waals surface area contributed by atoms with Crippen LogP contribution in [0.5, 0.6) is 0 Å². The fourth-order valence-electron chi connectivity index (χ4n) is 1.32. The monoisotopic (exact) mass is 238 g/mol. The van der Waals surface area contributed by atoms with Crippen LogP contribution in [-0.2, 0) is 11.8 Å². The zero-order valence-electron chi connectivity index (χ0n) is 7.82. The summed E-state index contributed by atoms with van der Waals surface area (Å²) in [5.74, 6) is -2.72. The molecule has 1 heterocycles. The van der Waals surface area contributed by atoms with Crippen molar-refractivity contribution in [1.82, 2.24) is 9.55 Å². The lowest BCUT2D eigenvalue weighted by Gasteiger charge is -2.14. The molecular weight excluding hydrogens is 230 g/mol. The molecule has 4 nitrogen and oxygen atoms in total. The quantitative estimate of drug-likeness (QED) is 0.872. The molecule has 0 aliphatic rings. The van der Waals surface area contributed by atoms with Crippen LogP contribution in [-0.4, -0.2) is 27.1 Å². The van der Waals surface area contributed by atoms with Gasteiger partial charge in [0.25, 0.3) is 0 Å². The molecule has 7 heteroatoms. The summed E-state index contributed by atoms with van der Waals surface area (Å²) >= 11 is 5.61. The molecule has 0 aliphatic carbocycles. The lowest BCUT2D eigenvalue weighted by molar-refractivity contribution is -0.138. The van der Waals surface area contributed by atoms with E-state index >= 15 is 0 Å². The number of aromatic nitrogens is 2. The first kappa shape index (κ1) is 11.9.